The van der Waals surface area contributed by atoms with Gasteiger partial charge in [0.05, 0.1) is 18.9 Å². The molecular weight excluding hydrogens is 270 g/mol. The van der Waals surface area contributed by atoms with Crippen LogP contribution >= 0.6 is 15.9 Å². The Morgan fingerprint density at radius 2 is 2.19 bits per heavy atom. The van der Waals surface area contributed by atoms with Crippen molar-refractivity contribution in [3.8, 4) is 0 Å². The average molecular weight is 288 g/mol. The monoisotopic (exact) mass is 287 g/mol. The number of likely N-dealkylation sites (N-methyl/N-ethyl adjacent to an activating group) is 1. The zero-order valence-corrected chi connectivity index (χ0v) is 11.5. The second-order valence-electron chi connectivity index (χ2n) is 3.86. The Hall–Kier alpha value is -0.580. The molecule has 90 valence electrons. The third-order valence-electron chi connectivity index (χ3n) is 2.64. The lowest BCUT2D eigenvalue weighted by atomic mass is 10.2. The number of anilines is 1. The topological polar surface area (TPSA) is 32.7 Å². The number of nitrogens with zero attached hydrogens (tertiary/aromatic N) is 1. The normalized spacial score (nSPS) is 12.6. The lowest BCUT2D eigenvalue weighted by Gasteiger charge is -2.27. The summed E-state index contributed by atoms with van der Waals surface area (Å²) in [6, 6.07) is 6.17. The predicted molar refractivity (Wildman–Crippen MR) is 69.8 cm³/mol. The molecular formula is C12H18BrNO2. The third kappa shape index (κ3) is 3.20. The van der Waals surface area contributed by atoms with Gasteiger partial charge in [0.25, 0.3) is 0 Å². The highest BCUT2D eigenvalue weighted by atomic mass is 79.9. The van der Waals surface area contributed by atoms with Crippen LogP contribution in [0.15, 0.2) is 22.7 Å². The van der Waals surface area contributed by atoms with Crippen molar-refractivity contribution in [2.45, 2.75) is 19.6 Å². The van der Waals surface area contributed by atoms with Crippen LogP contribution in [0.2, 0.25) is 0 Å². The molecule has 0 aliphatic carbocycles. The van der Waals surface area contributed by atoms with Gasteiger partial charge >= 0.3 is 0 Å². The zero-order chi connectivity index (χ0) is 12.1. The fourth-order valence-corrected chi connectivity index (χ4v) is 2.23. The van der Waals surface area contributed by atoms with Crippen LogP contribution in [-0.2, 0) is 11.3 Å². The fourth-order valence-electron chi connectivity index (χ4n) is 1.53. The van der Waals surface area contributed by atoms with Crippen LogP contribution in [0.5, 0.6) is 0 Å². The van der Waals surface area contributed by atoms with Gasteiger partial charge in [-0.1, -0.05) is 6.07 Å². The van der Waals surface area contributed by atoms with Gasteiger partial charge in [0, 0.05) is 24.7 Å². The Morgan fingerprint density at radius 1 is 1.50 bits per heavy atom. The molecule has 0 heterocycles. The first-order valence-corrected chi connectivity index (χ1v) is 6.00. The number of hydrogen-bond acceptors (Lipinski definition) is 3. The highest BCUT2D eigenvalue weighted by Gasteiger charge is 2.12. The molecule has 0 saturated heterocycles. The van der Waals surface area contributed by atoms with E-state index in [0.717, 1.165) is 15.7 Å². The number of rotatable bonds is 5. The maximum Gasteiger partial charge on any atom is 0.0682 e. The van der Waals surface area contributed by atoms with E-state index in [9.17, 15) is 0 Å². The van der Waals surface area contributed by atoms with Crippen molar-refractivity contribution in [1.29, 1.82) is 0 Å². The van der Waals surface area contributed by atoms with Crippen molar-refractivity contribution >= 4 is 21.6 Å². The SMILES string of the molecule is COCC(C)N(C)c1ccc(CO)cc1Br. The molecule has 0 saturated carbocycles. The number of aliphatic hydroxyl groups excluding tert-OH is 1. The van der Waals surface area contributed by atoms with E-state index < -0.39 is 0 Å². The van der Waals surface area contributed by atoms with Crippen molar-refractivity contribution < 1.29 is 9.84 Å². The summed E-state index contributed by atoms with van der Waals surface area (Å²) in [4.78, 5) is 2.15. The number of hydrogen-bond donors (Lipinski definition) is 1. The fraction of sp³-hybridized carbons (Fsp3) is 0.500. The predicted octanol–water partition coefficient (Wildman–Crippen LogP) is 2.41. The van der Waals surface area contributed by atoms with Crippen LogP contribution in [0.25, 0.3) is 0 Å². The van der Waals surface area contributed by atoms with Gasteiger partial charge in [0.15, 0.2) is 0 Å². The van der Waals surface area contributed by atoms with Crippen LogP contribution in [0.4, 0.5) is 5.69 Å². The number of ether oxygens (including phenoxy) is 1. The van der Waals surface area contributed by atoms with E-state index in [0.29, 0.717) is 12.6 Å². The Labute approximate surface area is 105 Å². The molecule has 1 unspecified atom stereocenters. The summed E-state index contributed by atoms with van der Waals surface area (Å²) in [5.74, 6) is 0. The molecule has 0 radical (unpaired) electrons. The van der Waals surface area contributed by atoms with Gasteiger partial charge in [0.2, 0.25) is 0 Å². The maximum atomic E-state index is 9.03. The van der Waals surface area contributed by atoms with E-state index in [4.69, 9.17) is 9.84 Å². The Bertz CT molecular complexity index is 344. The van der Waals surface area contributed by atoms with E-state index in [1.54, 1.807) is 7.11 Å². The second-order valence-corrected chi connectivity index (χ2v) is 4.71. The number of benzene rings is 1. The number of aliphatic hydroxyl groups is 1. The zero-order valence-electron chi connectivity index (χ0n) is 9.90. The third-order valence-corrected chi connectivity index (χ3v) is 3.28. The van der Waals surface area contributed by atoms with Gasteiger partial charge in [-0.15, -0.1) is 0 Å². The minimum atomic E-state index is 0.0657. The van der Waals surface area contributed by atoms with Crippen molar-refractivity contribution in [1.82, 2.24) is 0 Å². The number of halogens is 1. The van der Waals surface area contributed by atoms with E-state index in [1.807, 2.05) is 25.2 Å². The highest BCUT2D eigenvalue weighted by molar-refractivity contribution is 9.10. The van der Waals surface area contributed by atoms with Crippen molar-refractivity contribution in [2.75, 3.05) is 25.7 Å². The minimum Gasteiger partial charge on any atom is -0.392 e. The first-order valence-electron chi connectivity index (χ1n) is 5.21. The molecule has 16 heavy (non-hydrogen) atoms. The molecule has 4 heteroatoms. The summed E-state index contributed by atoms with van der Waals surface area (Å²) >= 11 is 3.51. The summed E-state index contributed by atoms with van der Waals surface area (Å²) in [5.41, 5.74) is 2.00. The Morgan fingerprint density at radius 3 is 2.69 bits per heavy atom. The van der Waals surface area contributed by atoms with E-state index in [1.165, 1.54) is 0 Å². The lowest BCUT2D eigenvalue weighted by Crippen LogP contribution is -2.32. The lowest BCUT2D eigenvalue weighted by molar-refractivity contribution is 0.183. The molecule has 3 nitrogen and oxygen atoms in total. The summed E-state index contributed by atoms with van der Waals surface area (Å²) in [6.07, 6.45) is 0. The molecule has 1 aromatic rings. The first kappa shape index (κ1) is 13.5. The largest absolute Gasteiger partial charge is 0.392 e. The van der Waals surface area contributed by atoms with E-state index in [-0.39, 0.29) is 6.61 Å². The van der Waals surface area contributed by atoms with Gasteiger partial charge in [-0.2, -0.15) is 0 Å². The summed E-state index contributed by atoms with van der Waals surface area (Å²) in [6.45, 7) is 2.86. The van der Waals surface area contributed by atoms with Crippen molar-refractivity contribution in [2.24, 2.45) is 0 Å². The Balaban J connectivity index is 2.87. The molecule has 1 aromatic carbocycles. The van der Waals surface area contributed by atoms with Crippen LogP contribution in [0.3, 0.4) is 0 Å². The number of methoxy groups -OCH3 is 1. The molecule has 0 spiro atoms. The molecule has 0 aromatic heterocycles. The first-order chi connectivity index (χ1) is 7.60. The minimum absolute atomic E-state index is 0.0657. The molecule has 1 N–H and O–H groups in total. The van der Waals surface area contributed by atoms with Gasteiger partial charge < -0.3 is 14.7 Å². The second kappa shape index (κ2) is 6.23. The van der Waals surface area contributed by atoms with E-state index >= 15 is 0 Å². The molecule has 0 aliphatic heterocycles. The van der Waals surface area contributed by atoms with Gasteiger partial charge in [0.1, 0.15) is 0 Å². The van der Waals surface area contributed by atoms with Crippen molar-refractivity contribution in [3.05, 3.63) is 28.2 Å². The molecule has 0 bridgehead atoms. The molecule has 0 aliphatic rings. The molecule has 0 amide bonds. The van der Waals surface area contributed by atoms with Gasteiger partial charge in [-0.05, 0) is 40.5 Å². The van der Waals surface area contributed by atoms with Gasteiger partial charge in [-0.3, -0.25) is 0 Å². The van der Waals surface area contributed by atoms with Gasteiger partial charge in [-0.25, -0.2) is 0 Å². The standard InChI is InChI=1S/C12H18BrNO2/c1-9(8-16-3)14(2)12-5-4-10(7-15)6-11(12)13/h4-6,9,15H,7-8H2,1-3H3. The molecule has 1 atom stereocenters. The Kier molecular flexibility index (Phi) is 5.25. The van der Waals surface area contributed by atoms with Crippen LogP contribution in [0, 0.1) is 0 Å². The quantitative estimate of drug-likeness (QED) is 0.903. The van der Waals surface area contributed by atoms with Crippen LogP contribution in [-0.4, -0.2) is 31.9 Å². The molecule has 1 rings (SSSR count). The molecule has 0 fully saturated rings. The van der Waals surface area contributed by atoms with Crippen molar-refractivity contribution in [3.63, 3.8) is 0 Å². The smallest absolute Gasteiger partial charge is 0.0682 e. The summed E-state index contributed by atoms with van der Waals surface area (Å²) in [5, 5.41) is 9.03. The van der Waals surface area contributed by atoms with Crippen LogP contribution < -0.4 is 4.90 Å². The van der Waals surface area contributed by atoms with E-state index in [2.05, 4.69) is 27.8 Å². The summed E-state index contributed by atoms with van der Waals surface area (Å²) in [7, 11) is 3.73. The maximum absolute atomic E-state index is 9.03. The van der Waals surface area contributed by atoms with Crippen LogP contribution in [0.1, 0.15) is 12.5 Å². The highest BCUT2D eigenvalue weighted by Crippen LogP contribution is 2.27. The average Bonchev–Trinajstić information content (AvgIpc) is 2.28. The summed E-state index contributed by atoms with van der Waals surface area (Å²) < 4.78 is 6.12.